The molecule has 1 fully saturated rings. The van der Waals surface area contributed by atoms with Gasteiger partial charge in [0.05, 0.1) is 23.7 Å². The second kappa shape index (κ2) is 11.4. The fraction of sp³-hybridized carbons (Fsp3) is 0.458. The topological polar surface area (TPSA) is 71.0 Å². The highest BCUT2D eigenvalue weighted by molar-refractivity contribution is 6.32. The number of ether oxygens (including phenoxy) is 2. The molecule has 1 amide bonds. The van der Waals surface area contributed by atoms with E-state index in [0.29, 0.717) is 49.9 Å². The van der Waals surface area contributed by atoms with Crippen LogP contribution in [0.1, 0.15) is 24.8 Å². The van der Waals surface area contributed by atoms with Gasteiger partial charge in [-0.05, 0) is 62.6 Å². The van der Waals surface area contributed by atoms with Crippen LogP contribution in [0.15, 0.2) is 48.5 Å². The van der Waals surface area contributed by atoms with Crippen molar-refractivity contribution >= 4 is 17.5 Å². The molecule has 2 aromatic rings. The van der Waals surface area contributed by atoms with Gasteiger partial charge in [-0.1, -0.05) is 35.9 Å². The lowest BCUT2D eigenvalue weighted by Gasteiger charge is -2.27. The molecule has 1 aliphatic rings. The van der Waals surface area contributed by atoms with Crippen molar-refractivity contribution in [3.8, 4) is 11.5 Å². The molecule has 0 aliphatic carbocycles. The SMILES string of the molecule is Cc1ccc(Cl)c(OCC2(O)CCCN(CC(=O)NCCOc3ccccc3)CC2)c1. The summed E-state index contributed by atoms with van der Waals surface area (Å²) in [5.74, 6) is 1.34. The molecule has 3 rings (SSSR count). The molecule has 0 bridgehead atoms. The molecule has 2 aromatic carbocycles. The summed E-state index contributed by atoms with van der Waals surface area (Å²) in [6, 6.07) is 15.1. The van der Waals surface area contributed by atoms with E-state index in [4.69, 9.17) is 21.1 Å². The third-order valence-corrected chi connectivity index (χ3v) is 5.71. The normalized spacial score (nSPS) is 19.5. The van der Waals surface area contributed by atoms with Gasteiger partial charge in [-0.25, -0.2) is 0 Å². The Morgan fingerprint density at radius 2 is 1.97 bits per heavy atom. The van der Waals surface area contributed by atoms with Gasteiger partial charge in [0.1, 0.15) is 24.7 Å². The zero-order valence-corrected chi connectivity index (χ0v) is 18.7. The molecular weight excluding hydrogens is 416 g/mol. The van der Waals surface area contributed by atoms with Crippen molar-refractivity contribution < 1.29 is 19.4 Å². The van der Waals surface area contributed by atoms with Gasteiger partial charge in [-0.2, -0.15) is 0 Å². The standard InChI is InChI=1S/C24H31ClN2O4/c1-19-8-9-21(25)22(16-19)31-18-24(29)10-5-13-27(14-11-24)17-23(28)26-12-15-30-20-6-3-2-4-7-20/h2-4,6-9,16,29H,5,10-15,17-18H2,1H3,(H,26,28). The lowest BCUT2D eigenvalue weighted by Crippen LogP contribution is -2.40. The lowest BCUT2D eigenvalue weighted by molar-refractivity contribution is -0.122. The predicted molar refractivity (Wildman–Crippen MR) is 122 cm³/mol. The second-order valence-electron chi connectivity index (χ2n) is 8.09. The van der Waals surface area contributed by atoms with Crippen molar-refractivity contribution in [2.24, 2.45) is 0 Å². The summed E-state index contributed by atoms with van der Waals surface area (Å²) in [6.45, 7) is 4.75. The van der Waals surface area contributed by atoms with Crippen molar-refractivity contribution in [1.82, 2.24) is 10.2 Å². The molecule has 0 spiro atoms. The monoisotopic (exact) mass is 446 g/mol. The van der Waals surface area contributed by atoms with Crippen LogP contribution in [-0.4, -0.2) is 60.9 Å². The van der Waals surface area contributed by atoms with E-state index in [2.05, 4.69) is 10.2 Å². The molecule has 0 radical (unpaired) electrons. The Bertz CT molecular complexity index is 849. The third-order valence-electron chi connectivity index (χ3n) is 5.40. The van der Waals surface area contributed by atoms with Crippen LogP contribution in [0.4, 0.5) is 0 Å². The third kappa shape index (κ3) is 7.73. The first-order chi connectivity index (χ1) is 14.9. The Labute approximate surface area is 189 Å². The minimum Gasteiger partial charge on any atom is -0.492 e. The lowest BCUT2D eigenvalue weighted by atomic mass is 9.96. The Morgan fingerprint density at radius 3 is 2.77 bits per heavy atom. The van der Waals surface area contributed by atoms with Crippen LogP contribution in [0.3, 0.4) is 0 Å². The number of benzene rings is 2. The molecular formula is C24H31ClN2O4. The van der Waals surface area contributed by atoms with Gasteiger partial charge in [0.25, 0.3) is 0 Å². The van der Waals surface area contributed by atoms with Crippen molar-refractivity contribution in [2.75, 3.05) is 39.4 Å². The molecule has 7 heteroatoms. The number of amides is 1. The molecule has 1 heterocycles. The summed E-state index contributed by atoms with van der Waals surface area (Å²) in [7, 11) is 0. The van der Waals surface area contributed by atoms with E-state index in [9.17, 15) is 9.90 Å². The number of aryl methyl sites for hydroxylation is 1. The van der Waals surface area contributed by atoms with Gasteiger partial charge in [-0.15, -0.1) is 0 Å². The van der Waals surface area contributed by atoms with Crippen molar-refractivity contribution in [3.63, 3.8) is 0 Å². The molecule has 6 nitrogen and oxygen atoms in total. The molecule has 0 saturated carbocycles. The first-order valence-electron chi connectivity index (χ1n) is 10.7. The Morgan fingerprint density at radius 1 is 1.16 bits per heavy atom. The average Bonchev–Trinajstić information content (AvgIpc) is 2.94. The smallest absolute Gasteiger partial charge is 0.234 e. The average molecular weight is 447 g/mol. The number of carbonyl (C=O) groups excluding carboxylic acids is 1. The summed E-state index contributed by atoms with van der Waals surface area (Å²) in [6.07, 6.45) is 1.96. The Hall–Kier alpha value is -2.28. The molecule has 0 aromatic heterocycles. The maximum Gasteiger partial charge on any atom is 0.234 e. The van der Waals surface area contributed by atoms with Gasteiger partial charge in [-0.3, -0.25) is 9.69 Å². The zero-order valence-electron chi connectivity index (χ0n) is 18.0. The van der Waals surface area contributed by atoms with E-state index in [1.807, 2.05) is 49.4 Å². The minimum atomic E-state index is -0.929. The van der Waals surface area contributed by atoms with Crippen LogP contribution >= 0.6 is 11.6 Å². The molecule has 1 unspecified atom stereocenters. The Balaban J connectivity index is 1.38. The van der Waals surface area contributed by atoms with Crippen LogP contribution in [0.25, 0.3) is 0 Å². The second-order valence-corrected chi connectivity index (χ2v) is 8.50. The van der Waals surface area contributed by atoms with Gasteiger partial charge in [0, 0.05) is 6.54 Å². The van der Waals surface area contributed by atoms with E-state index >= 15 is 0 Å². The fourth-order valence-electron chi connectivity index (χ4n) is 3.61. The maximum absolute atomic E-state index is 12.3. The largest absolute Gasteiger partial charge is 0.492 e. The summed E-state index contributed by atoms with van der Waals surface area (Å²) in [5, 5.41) is 14.4. The molecule has 1 aliphatic heterocycles. The summed E-state index contributed by atoms with van der Waals surface area (Å²) < 4.78 is 11.4. The highest BCUT2D eigenvalue weighted by Gasteiger charge is 2.31. The van der Waals surface area contributed by atoms with Crippen molar-refractivity contribution in [2.45, 2.75) is 31.8 Å². The van der Waals surface area contributed by atoms with E-state index in [1.165, 1.54) is 0 Å². The van der Waals surface area contributed by atoms with E-state index in [-0.39, 0.29) is 12.5 Å². The number of nitrogens with zero attached hydrogens (tertiary/aromatic N) is 1. The van der Waals surface area contributed by atoms with Gasteiger partial charge in [0.2, 0.25) is 5.91 Å². The van der Waals surface area contributed by atoms with Gasteiger partial charge < -0.3 is 19.9 Å². The summed E-state index contributed by atoms with van der Waals surface area (Å²) in [4.78, 5) is 14.3. The number of hydrogen-bond donors (Lipinski definition) is 2. The molecule has 168 valence electrons. The van der Waals surface area contributed by atoms with E-state index < -0.39 is 5.60 Å². The van der Waals surface area contributed by atoms with Crippen LogP contribution < -0.4 is 14.8 Å². The highest BCUT2D eigenvalue weighted by atomic mass is 35.5. The predicted octanol–water partition coefficient (Wildman–Crippen LogP) is 3.44. The fourth-order valence-corrected chi connectivity index (χ4v) is 3.78. The number of hydrogen-bond acceptors (Lipinski definition) is 5. The summed E-state index contributed by atoms with van der Waals surface area (Å²) >= 11 is 6.19. The van der Waals surface area contributed by atoms with Crippen LogP contribution in [0.2, 0.25) is 5.02 Å². The number of aliphatic hydroxyl groups is 1. The minimum absolute atomic E-state index is 0.0371. The number of nitrogens with one attached hydrogen (secondary N) is 1. The van der Waals surface area contributed by atoms with Gasteiger partial charge >= 0.3 is 0 Å². The van der Waals surface area contributed by atoms with Crippen LogP contribution in [-0.2, 0) is 4.79 Å². The Kier molecular flexibility index (Phi) is 8.58. The quantitative estimate of drug-likeness (QED) is 0.577. The number of likely N-dealkylation sites (tertiary alicyclic amines) is 1. The number of rotatable bonds is 9. The van der Waals surface area contributed by atoms with Gasteiger partial charge in [0.15, 0.2) is 0 Å². The first-order valence-corrected chi connectivity index (χ1v) is 11.1. The van der Waals surface area contributed by atoms with E-state index in [0.717, 1.165) is 24.3 Å². The van der Waals surface area contributed by atoms with Crippen LogP contribution in [0.5, 0.6) is 11.5 Å². The summed E-state index contributed by atoms with van der Waals surface area (Å²) in [5.41, 5.74) is 0.126. The van der Waals surface area contributed by atoms with Crippen LogP contribution in [0, 0.1) is 6.92 Å². The zero-order chi connectivity index (χ0) is 22.1. The molecule has 1 saturated heterocycles. The van der Waals surface area contributed by atoms with Crippen molar-refractivity contribution in [3.05, 3.63) is 59.1 Å². The number of halogens is 1. The van der Waals surface area contributed by atoms with Crippen molar-refractivity contribution in [1.29, 1.82) is 0 Å². The number of para-hydroxylation sites is 1. The molecule has 31 heavy (non-hydrogen) atoms. The highest BCUT2D eigenvalue weighted by Crippen LogP contribution is 2.28. The molecule has 1 atom stereocenters. The number of carbonyl (C=O) groups is 1. The molecule has 2 N–H and O–H groups in total. The maximum atomic E-state index is 12.3. The first kappa shape index (κ1) is 23.4. The van der Waals surface area contributed by atoms with E-state index in [1.54, 1.807) is 6.07 Å².